The summed E-state index contributed by atoms with van der Waals surface area (Å²) in [4.78, 5) is 10.7. The van der Waals surface area contributed by atoms with Crippen LogP contribution in [-0.2, 0) is 6.42 Å². The van der Waals surface area contributed by atoms with Gasteiger partial charge in [-0.1, -0.05) is 25.1 Å². The van der Waals surface area contributed by atoms with Gasteiger partial charge in [-0.05, 0) is 43.9 Å². The number of para-hydroxylation sites is 1. The van der Waals surface area contributed by atoms with E-state index in [1.165, 1.54) is 6.42 Å². The number of halogens is 1. The largest absolute Gasteiger partial charge is 0.272 e. The first-order valence-electron chi connectivity index (χ1n) is 6.94. The van der Waals surface area contributed by atoms with Gasteiger partial charge in [0.1, 0.15) is 0 Å². The van der Waals surface area contributed by atoms with Crippen LogP contribution in [0.2, 0.25) is 0 Å². The SMILES string of the molecule is CC1CCC(Cl)C(CCc2ccccc2[N+](=O)[O-])C1. The van der Waals surface area contributed by atoms with Crippen LogP contribution in [0.1, 0.15) is 38.2 Å². The predicted octanol–water partition coefficient (Wildman–Crippen LogP) is 4.57. The van der Waals surface area contributed by atoms with Gasteiger partial charge < -0.3 is 0 Å². The van der Waals surface area contributed by atoms with Gasteiger partial charge in [0.25, 0.3) is 5.69 Å². The summed E-state index contributed by atoms with van der Waals surface area (Å²) in [5.41, 5.74) is 1.06. The first-order valence-corrected chi connectivity index (χ1v) is 7.38. The molecule has 3 atom stereocenters. The van der Waals surface area contributed by atoms with E-state index in [9.17, 15) is 10.1 Å². The Bertz CT molecular complexity index is 450. The van der Waals surface area contributed by atoms with Crippen molar-refractivity contribution in [1.29, 1.82) is 0 Å². The van der Waals surface area contributed by atoms with E-state index in [-0.39, 0.29) is 16.0 Å². The van der Waals surface area contributed by atoms with Gasteiger partial charge in [-0.25, -0.2) is 0 Å². The smallest absolute Gasteiger partial charge is 0.258 e. The second kappa shape index (κ2) is 6.38. The normalized spacial score (nSPS) is 27.2. The van der Waals surface area contributed by atoms with Gasteiger partial charge in [0.05, 0.1) is 4.92 Å². The van der Waals surface area contributed by atoms with E-state index in [1.54, 1.807) is 12.1 Å². The molecule has 1 aromatic rings. The number of alkyl halides is 1. The van der Waals surface area contributed by atoms with Crippen LogP contribution < -0.4 is 0 Å². The zero-order valence-electron chi connectivity index (χ0n) is 11.2. The molecule has 19 heavy (non-hydrogen) atoms. The van der Waals surface area contributed by atoms with E-state index in [4.69, 9.17) is 11.6 Å². The van der Waals surface area contributed by atoms with Crippen molar-refractivity contribution in [1.82, 2.24) is 0 Å². The number of hydrogen-bond acceptors (Lipinski definition) is 2. The van der Waals surface area contributed by atoms with E-state index in [0.29, 0.717) is 5.92 Å². The van der Waals surface area contributed by atoms with Crippen molar-refractivity contribution in [2.45, 2.75) is 44.4 Å². The van der Waals surface area contributed by atoms with E-state index < -0.39 is 0 Å². The molecule has 1 saturated carbocycles. The van der Waals surface area contributed by atoms with Crippen LogP contribution in [0.5, 0.6) is 0 Å². The number of hydrogen-bond donors (Lipinski definition) is 0. The highest BCUT2D eigenvalue weighted by Crippen LogP contribution is 2.35. The van der Waals surface area contributed by atoms with Gasteiger partial charge in [-0.2, -0.15) is 0 Å². The molecular formula is C15H20ClNO2. The molecule has 0 aliphatic heterocycles. The molecule has 0 saturated heterocycles. The van der Waals surface area contributed by atoms with E-state index >= 15 is 0 Å². The summed E-state index contributed by atoms with van der Waals surface area (Å²) in [6, 6.07) is 7.02. The fourth-order valence-electron chi connectivity index (χ4n) is 3.00. The summed E-state index contributed by atoms with van der Waals surface area (Å²) in [6.45, 7) is 2.26. The molecule has 0 aromatic heterocycles. The average Bonchev–Trinajstić information content (AvgIpc) is 2.40. The molecule has 1 aliphatic carbocycles. The van der Waals surface area contributed by atoms with Crippen LogP contribution in [-0.4, -0.2) is 10.3 Å². The van der Waals surface area contributed by atoms with E-state index in [0.717, 1.165) is 37.2 Å². The molecule has 0 heterocycles. The number of nitro groups is 1. The minimum Gasteiger partial charge on any atom is -0.258 e. The molecule has 3 nitrogen and oxygen atoms in total. The maximum atomic E-state index is 11.0. The molecule has 1 aliphatic rings. The molecule has 0 radical (unpaired) electrons. The van der Waals surface area contributed by atoms with Crippen LogP contribution in [0.4, 0.5) is 5.69 Å². The topological polar surface area (TPSA) is 43.1 Å². The van der Waals surface area contributed by atoms with Gasteiger partial charge in [0.2, 0.25) is 0 Å². The third-order valence-electron chi connectivity index (χ3n) is 4.12. The molecule has 2 rings (SSSR count). The van der Waals surface area contributed by atoms with Crippen molar-refractivity contribution in [3.63, 3.8) is 0 Å². The number of aryl methyl sites for hydroxylation is 1. The highest BCUT2D eigenvalue weighted by Gasteiger charge is 2.27. The van der Waals surface area contributed by atoms with Crippen molar-refractivity contribution in [2.75, 3.05) is 0 Å². The average molecular weight is 282 g/mol. The monoisotopic (exact) mass is 281 g/mol. The fourth-order valence-corrected chi connectivity index (χ4v) is 3.36. The van der Waals surface area contributed by atoms with E-state index in [1.807, 2.05) is 12.1 Å². The third kappa shape index (κ3) is 3.69. The van der Waals surface area contributed by atoms with Gasteiger partial charge in [0, 0.05) is 17.0 Å². The molecule has 1 fully saturated rings. The quantitative estimate of drug-likeness (QED) is 0.461. The lowest BCUT2D eigenvalue weighted by Gasteiger charge is -2.31. The van der Waals surface area contributed by atoms with Gasteiger partial charge in [-0.3, -0.25) is 10.1 Å². The maximum Gasteiger partial charge on any atom is 0.272 e. The van der Waals surface area contributed by atoms with Crippen LogP contribution in [0.3, 0.4) is 0 Å². The summed E-state index contributed by atoms with van der Waals surface area (Å²) in [5.74, 6) is 1.22. The lowest BCUT2D eigenvalue weighted by atomic mass is 9.79. The molecule has 3 unspecified atom stereocenters. The molecule has 0 bridgehead atoms. The number of benzene rings is 1. The number of nitro benzene ring substituents is 1. The zero-order chi connectivity index (χ0) is 13.8. The number of rotatable bonds is 4. The van der Waals surface area contributed by atoms with Crippen LogP contribution in [0.25, 0.3) is 0 Å². The van der Waals surface area contributed by atoms with Gasteiger partial charge >= 0.3 is 0 Å². The Labute approximate surface area is 119 Å². The molecule has 0 amide bonds. The molecule has 0 N–H and O–H groups in total. The minimum atomic E-state index is -0.295. The van der Waals surface area contributed by atoms with Crippen LogP contribution in [0.15, 0.2) is 24.3 Å². The highest BCUT2D eigenvalue weighted by atomic mass is 35.5. The first kappa shape index (κ1) is 14.3. The standard InChI is InChI=1S/C15H20ClNO2/c1-11-6-9-14(16)13(10-11)8-7-12-4-2-3-5-15(12)17(18)19/h2-5,11,13-14H,6-10H2,1H3. The summed E-state index contributed by atoms with van der Waals surface area (Å²) >= 11 is 6.38. The van der Waals surface area contributed by atoms with Gasteiger partial charge in [0.15, 0.2) is 0 Å². The number of nitrogens with zero attached hydrogens (tertiary/aromatic N) is 1. The lowest BCUT2D eigenvalue weighted by Crippen LogP contribution is -2.24. The van der Waals surface area contributed by atoms with Crippen LogP contribution in [0, 0.1) is 22.0 Å². The van der Waals surface area contributed by atoms with Crippen molar-refractivity contribution < 1.29 is 4.92 Å². The highest BCUT2D eigenvalue weighted by molar-refractivity contribution is 6.20. The molecule has 4 heteroatoms. The van der Waals surface area contributed by atoms with Crippen molar-refractivity contribution in [3.05, 3.63) is 39.9 Å². The van der Waals surface area contributed by atoms with Crippen molar-refractivity contribution in [2.24, 2.45) is 11.8 Å². The Morgan fingerprint density at radius 3 is 2.84 bits per heavy atom. The molecule has 1 aromatic carbocycles. The Balaban J connectivity index is 2.00. The summed E-state index contributed by atoms with van der Waals surface area (Å²) < 4.78 is 0. The van der Waals surface area contributed by atoms with Crippen molar-refractivity contribution >= 4 is 17.3 Å². The Kier molecular flexibility index (Phi) is 4.81. The Morgan fingerprint density at radius 1 is 1.37 bits per heavy atom. The Morgan fingerprint density at radius 2 is 2.11 bits per heavy atom. The summed E-state index contributed by atoms with van der Waals surface area (Å²) in [6.07, 6.45) is 5.12. The van der Waals surface area contributed by atoms with Gasteiger partial charge in [-0.15, -0.1) is 11.6 Å². The minimum absolute atomic E-state index is 0.234. The lowest BCUT2D eigenvalue weighted by molar-refractivity contribution is -0.385. The fraction of sp³-hybridized carbons (Fsp3) is 0.600. The molecular weight excluding hydrogens is 262 g/mol. The van der Waals surface area contributed by atoms with Crippen LogP contribution >= 0.6 is 11.6 Å². The zero-order valence-corrected chi connectivity index (χ0v) is 12.0. The summed E-state index contributed by atoms with van der Waals surface area (Å²) in [5, 5.41) is 11.2. The second-order valence-electron chi connectivity index (χ2n) is 5.62. The van der Waals surface area contributed by atoms with Crippen molar-refractivity contribution in [3.8, 4) is 0 Å². The third-order valence-corrected chi connectivity index (χ3v) is 4.70. The predicted molar refractivity (Wildman–Crippen MR) is 77.6 cm³/mol. The first-order chi connectivity index (χ1) is 9.08. The maximum absolute atomic E-state index is 11.0. The summed E-state index contributed by atoms with van der Waals surface area (Å²) in [7, 11) is 0. The Hall–Kier alpha value is -1.09. The molecule has 0 spiro atoms. The molecule has 104 valence electrons. The second-order valence-corrected chi connectivity index (χ2v) is 6.18. The van der Waals surface area contributed by atoms with E-state index in [2.05, 4.69) is 6.92 Å².